The molecular weight excluding hydrogens is 1640 g/mol. The minimum atomic E-state index is -0.247. The molecule has 17 nitrogen and oxygen atoms in total. The largest absolute Gasteiger partial charge is 0.385 e. The van der Waals surface area contributed by atoms with Crippen molar-refractivity contribution in [2.24, 2.45) is 29.6 Å². The summed E-state index contributed by atoms with van der Waals surface area (Å²) in [6.45, 7) is 11.3. The number of carbonyl (C=O) groups excluding carboxylic acids is 4. The van der Waals surface area contributed by atoms with Crippen molar-refractivity contribution in [3.8, 4) is 44.5 Å². The molecule has 123 heavy (non-hydrogen) atoms. The van der Waals surface area contributed by atoms with Gasteiger partial charge in [0.05, 0.1) is 20.1 Å². The number of hydrogen-bond acceptors (Lipinski definition) is 17. The number of hydrogen-bond donors (Lipinski definition) is 8. The summed E-state index contributed by atoms with van der Waals surface area (Å²) in [5.41, 5.74) is 16.9. The molecule has 0 unspecified atom stereocenters. The highest BCUT2D eigenvalue weighted by atomic mass is 35.5. The second-order valence-corrected chi connectivity index (χ2v) is 33.7. The van der Waals surface area contributed by atoms with Gasteiger partial charge in [0, 0.05) is 201 Å². The van der Waals surface area contributed by atoms with Crippen molar-refractivity contribution in [3.05, 3.63) is 296 Å². The van der Waals surface area contributed by atoms with Crippen LogP contribution in [0.2, 0.25) is 20.1 Å². The number of pyridine rings is 4. The fourth-order valence-corrected chi connectivity index (χ4v) is 16.8. The second-order valence-electron chi connectivity index (χ2n) is 32.1. The van der Waals surface area contributed by atoms with E-state index in [-0.39, 0.29) is 64.3 Å². The van der Waals surface area contributed by atoms with Crippen molar-refractivity contribution in [1.82, 2.24) is 41.2 Å². The molecule has 24 heteroatoms. The number of nitrogens with zero attached hydrogens (tertiary/aromatic N) is 4. The predicted octanol–water partition coefficient (Wildman–Crippen LogP) is 20.1. The smallest absolute Gasteiger partial charge is 0.143 e. The molecule has 0 spiro atoms. The quantitative estimate of drug-likeness (QED) is 0.0228. The Bertz CT molecular complexity index is 5180. The van der Waals surface area contributed by atoms with Crippen molar-refractivity contribution < 1.29 is 37.1 Å². The molecule has 0 saturated carbocycles. The van der Waals surface area contributed by atoms with E-state index >= 15 is 0 Å². The van der Waals surface area contributed by atoms with Gasteiger partial charge in [-0.3, -0.25) is 39.1 Å². The molecule has 7 aromatic carbocycles. The fourth-order valence-electron chi connectivity index (χ4n) is 15.9. The fraction of sp³-hybridized carbons (Fsp3) is 0.333. The van der Waals surface area contributed by atoms with Crippen LogP contribution in [-0.4, -0.2) is 115 Å². The molecule has 16 rings (SSSR count). The summed E-state index contributed by atoms with van der Waals surface area (Å²) in [4.78, 5) is 68.2. The number of rotatable bonds is 28. The van der Waals surface area contributed by atoms with Gasteiger partial charge in [0.15, 0.2) is 0 Å². The molecule has 5 saturated heterocycles. The summed E-state index contributed by atoms with van der Waals surface area (Å²) in [6, 6.07) is 59.2. The first-order valence-electron chi connectivity index (χ1n) is 42.6. The van der Waals surface area contributed by atoms with Gasteiger partial charge in [-0.25, -0.2) is 13.2 Å². The highest BCUT2D eigenvalue weighted by Crippen LogP contribution is 2.36. The number of carbonyl (C=O) groups is 4. The number of Topliss-reactive ketones (excluding diaryl/α,β-unsaturated/α-hetero) is 4. The Morgan fingerprint density at radius 3 is 1.02 bits per heavy atom. The number of ketones is 4. The monoisotopic (exact) mass is 1740 g/mol. The summed E-state index contributed by atoms with van der Waals surface area (Å²) >= 11 is 25.8. The maximum Gasteiger partial charge on any atom is 0.143 e. The Hall–Kier alpha value is -10.2. The molecule has 640 valence electrons. The van der Waals surface area contributed by atoms with Crippen molar-refractivity contribution >= 4 is 92.3 Å². The summed E-state index contributed by atoms with van der Waals surface area (Å²) in [6.07, 6.45) is 17.8. The second kappa shape index (κ2) is 46.5. The lowest BCUT2D eigenvalue weighted by atomic mass is 9.91. The lowest BCUT2D eigenvalue weighted by molar-refractivity contribution is -0.123. The molecule has 5 aliphatic heterocycles. The maximum absolute atomic E-state index is 13.4. The SMILES string of the molecule is O=C(Cc1cc(-c2cccc(NCC3CCOCC3)c2)c(Cl)cn1)C1CCNCC1.O=C(Cc1cc(-c2cccc(NCc3ccc(F)cc3)c2)c(Cl)cn1)[C@@H]1CCCNC1.O=C(Cc1cc(-c2cccc(NCc3cccc(F)c3)c2)c(Cl)cn1)[C@@H]1CCCNC1.O=C(Cc1cc(-c2cccc(NCc3cccc(F)c3)c2)c(Cl)cn1)[C@H]1CCCNC1. The molecule has 11 aromatic rings. The molecular formula is C99H105Cl4F3N12O5. The highest BCUT2D eigenvalue weighted by molar-refractivity contribution is 6.34. The zero-order valence-electron chi connectivity index (χ0n) is 68.9. The van der Waals surface area contributed by atoms with Crippen LogP contribution in [0.3, 0.4) is 0 Å². The molecule has 0 amide bonds. The van der Waals surface area contributed by atoms with E-state index in [0.717, 1.165) is 243 Å². The van der Waals surface area contributed by atoms with E-state index in [9.17, 15) is 32.3 Å². The molecule has 0 aliphatic carbocycles. The third-order valence-electron chi connectivity index (χ3n) is 22.9. The van der Waals surface area contributed by atoms with Crippen LogP contribution in [0, 0.1) is 47.0 Å². The lowest BCUT2D eigenvalue weighted by Gasteiger charge is -2.22. The van der Waals surface area contributed by atoms with Crippen molar-refractivity contribution in [1.29, 1.82) is 0 Å². The Labute approximate surface area is 738 Å². The average molecular weight is 1740 g/mol. The third-order valence-corrected chi connectivity index (χ3v) is 24.1. The van der Waals surface area contributed by atoms with Crippen molar-refractivity contribution in [2.75, 3.05) is 93.4 Å². The number of benzene rings is 7. The zero-order valence-corrected chi connectivity index (χ0v) is 72.0. The topological polar surface area (TPSA) is 225 Å². The van der Waals surface area contributed by atoms with Gasteiger partial charge < -0.3 is 47.3 Å². The van der Waals surface area contributed by atoms with E-state index in [1.54, 1.807) is 49.1 Å². The van der Waals surface area contributed by atoms with Gasteiger partial charge >= 0.3 is 0 Å². The van der Waals surface area contributed by atoms with Gasteiger partial charge in [0.25, 0.3) is 0 Å². The van der Waals surface area contributed by atoms with Gasteiger partial charge in [-0.1, -0.05) is 131 Å². The van der Waals surface area contributed by atoms with Crippen LogP contribution >= 0.6 is 46.4 Å². The van der Waals surface area contributed by atoms with E-state index in [1.807, 2.05) is 115 Å². The van der Waals surface area contributed by atoms with Gasteiger partial charge in [-0.2, -0.15) is 0 Å². The zero-order chi connectivity index (χ0) is 85.7. The Morgan fingerprint density at radius 1 is 0.341 bits per heavy atom. The van der Waals surface area contributed by atoms with E-state index in [0.29, 0.717) is 71.3 Å². The summed E-state index contributed by atoms with van der Waals surface area (Å²) in [5, 5.41) is 29.0. The molecule has 5 aliphatic rings. The van der Waals surface area contributed by atoms with E-state index in [1.165, 1.54) is 36.4 Å². The van der Waals surface area contributed by atoms with Gasteiger partial charge in [-0.05, 0) is 251 Å². The number of anilines is 4. The van der Waals surface area contributed by atoms with Crippen LogP contribution in [0.15, 0.2) is 219 Å². The van der Waals surface area contributed by atoms with Crippen LogP contribution in [-0.2, 0) is 69.2 Å². The minimum Gasteiger partial charge on any atom is -0.385 e. The van der Waals surface area contributed by atoms with Crippen molar-refractivity contribution in [2.45, 2.75) is 110 Å². The summed E-state index contributed by atoms with van der Waals surface area (Å²) in [5.74, 6) is 1.19. The maximum atomic E-state index is 13.4. The molecule has 8 N–H and O–H groups in total. The summed E-state index contributed by atoms with van der Waals surface area (Å²) < 4.78 is 45.3. The van der Waals surface area contributed by atoms with Crippen molar-refractivity contribution in [3.63, 3.8) is 0 Å². The highest BCUT2D eigenvalue weighted by Gasteiger charge is 2.27. The van der Waals surface area contributed by atoms with Gasteiger partial charge in [0.2, 0.25) is 0 Å². The Kier molecular flexibility index (Phi) is 34.2. The van der Waals surface area contributed by atoms with Crippen LogP contribution in [0.5, 0.6) is 0 Å². The first kappa shape index (κ1) is 90.5. The third kappa shape index (κ3) is 27.9. The summed E-state index contributed by atoms with van der Waals surface area (Å²) in [7, 11) is 0. The molecule has 5 fully saturated rings. The number of aromatic nitrogens is 4. The van der Waals surface area contributed by atoms with Gasteiger partial charge in [0.1, 0.15) is 40.6 Å². The van der Waals surface area contributed by atoms with Crippen LogP contribution in [0.4, 0.5) is 35.9 Å². The molecule has 4 aromatic heterocycles. The number of nitrogens with one attached hydrogen (secondary N) is 8. The van der Waals surface area contributed by atoms with E-state index in [2.05, 4.69) is 80.7 Å². The van der Waals surface area contributed by atoms with Crippen LogP contribution in [0.25, 0.3) is 44.5 Å². The lowest BCUT2D eigenvalue weighted by Crippen LogP contribution is -2.35. The number of ether oxygens (including phenoxy) is 1. The normalized spacial score (nSPS) is 16.7. The van der Waals surface area contributed by atoms with Crippen LogP contribution in [0.1, 0.15) is 104 Å². The Balaban J connectivity index is 0.000000141. The first-order valence-corrected chi connectivity index (χ1v) is 44.1. The van der Waals surface area contributed by atoms with Gasteiger partial charge in [-0.15, -0.1) is 0 Å². The minimum absolute atomic E-state index is 0.0602. The van der Waals surface area contributed by atoms with Crippen LogP contribution < -0.4 is 42.5 Å². The van der Waals surface area contributed by atoms with E-state index in [4.69, 9.17) is 51.1 Å². The Morgan fingerprint density at radius 2 is 0.675 bits per heavy atom. The molecule has 0 radical (unpaired) electrons. The number of halogens is 7. The first-order chi connectivity index (χ1) is 59.9. The molecule has 9 heterocycles. The molecule has 3 atom stereocenters. The van der Waals surface area contributed by atoms with E-state index < -0.39 is 0 Å². The standard InChI is InChI=1S/3C25H25ClFN3O.C24H30ClN3O2/c2*26-24-16-30-22(13-25(31)19-6-3-9-28-15-19)12-23(24)18-5-2-8-21(11-18)29-14-17-4-1-7-20(27)10-17;26-24-16-30-22(13-25(31)19-4-2-10-28-15-19)12-23(24)18-3-1-5-21(11-18)29-14-17-6-8-20(27)9-7-17;25-23-16-28-21(14-24(29)18-4-8-26-9-5-18)13-22(23)19-2-1-3-20(12-19)27-15-17-6-10-30-11-7-17/h2*1-2,4-5,7-8,10-12,16,19,28-29H,3,6,9,13-15H2;1,3,5-9,11-12,16,19,28-29H,2,4,10,13-15H2;1-3,12-13,16-18,26-27H,4-11,14-15H2/t3*19-;/m101./s1. The molecule has 0 bridgehead atoms. The number of piperidine rings is 4. The predicted molar refractivity (Wildman–Crippen MR) is 489 cm³/mol. The average Bonchev–Trinajstić information content (AvgIpc) is 0.831.